The Morgan fingerprint density at radius 3 is 2.70 bits per heavy atom. The van der Waals surface area contributed by atoms with Crippen molar-refractivity contribution in [2.75, 3.05) is 6.54 Å². The average Bonchev–Trinajstić information content (AvgIpc) is 2.96. The minimum absolute atomic E-state index is 0.127. The number of nitrogens with one attached hydrogen (secondary N) is 3. The van der Waals surface area contributed by atoms with Crippen molar-refractivity contribution >= 4 is 16.9 Å². The highest BCUT2D eigenvalue weighted by molar-refractivity contribution is 5.81. The Labute approximate surface area is 134 Å². The summed E-state index contributed by atoms with van der Waals surface area (Å²) in [6.45, 7) is 4.37. The number of amides is 1. The van der Waals surface area contributed by atoms with Crippen LogP contribution in [0.4, 0.5) is 0 Å². The van der Waals surface area contributed by atoms with Crippen LogP contribution in [-0.4, -0.2) is 33.1 Å². The van der Waals surface area contributed by atoms with Gasteiger partial charge in [0.1, 0.15) is 0 Å². The predicted molar refractivity (Wildman–Crippen MR) is 88.2 cm³/mol. The monoisotopic (exact) mass is 317 g/mol. The summed E-state index contributed by atoms with van der Waals surface area (Å²) in [6.07, 6.45) is 2.89. The van der Waals surface area contributed by atoms with Gasteiger partial charge in [-0.1, -0.05) is 19.9 Å². The van der Waals surface area contributed by atoms with Crippen molar-refractivity contribution in [1.82, 2.24) is 15.3 Å². The lowest BCUT2D eigenvalue weighted by atomic mass is 9.78. The Kier molecular flexibility index (Phi) is 3.80. The van der Waals surface area contributed by atoms with E-state index < -0.39 is 5.60 Å². The maximum Gasteiger partial charge on any atom is 0.323 e. The molecular formula is C17H23N3O3. The number of hydrogen-bond donors (Lipinski definition) is 4. The van der Waals surface area contributed by atoms with E-state index in [1.807, 2.05) is 19.9 Å². The Balaban J connectivity index is 1.63. The fourth-order valence-electron chi connectivity index (χ4n) is 3.40. The molecule has 1 aliphatic rings. The van der Waals surface area contributed by atoms with Gasteiger partial charge in [-0.3, -0.25) is 4.79 Å². The second-order valence-electron chi connectivity index (χ2n) is 7.18. The van der Waals surface area contributed by atoms with Crippen LogP contribution in [-0.2, 0) is 11.2 Å². The SMILES string of the molecule is CC1(C)CCCC1(O)CNC(=O)Cc1ccc2[nH]c(=O)[nH]c2c1. The smallest absolute Gasteiger partial charge is 0.323 e. The number of fused-ring (bicyclic) bond motifs is 1. The summed E-state index contributed by atoms with van der Waals surface area (Å²) in [5.41, 5.74) is 0.967. The molecule has 6 nitrogen and oxygen atoms in total. The first-order valence-electron chi connectivity index (χ1n) is 7.99. The van der Waals surface area contributed by atoms with Gasteiger partial charge >= 0.3 is 5.69 Å². The maximum atomic E-state index is 12.2. The molecule has 1 fully saturated rings. The molecule has 1 atom stereocenters. The van der Waals surface area contributed by atoms with Crippen LogP contribution in [0.25, 0.3) is 11.0 Å². The summed E-state index contributed by atoms with van der Waals surface area (Å²) >= 11 is 0. The van der Waals surface area contributed by atoms with Gasteiger partial charge in [0, 0.05) is 6.54 Å². The van der Waals surface area contributed by atoms with Crippen molar-refractivity contribution in [3.63, 3.8) is 0 Å². The van der Waals surface area contributed by atoms with E-state index in [1.165, 1.54) is 0 Å². The summed E-state index contributed by atoms with van der Waals surface area (Å²) in [5, 5.41) is 13.6. The zero-order valence-electron chi connectivity index (χ0n) is 13.5. The standard InChI is InChI=1S/C17H23N3O3/c1-16(2)6-3-7-17(16,23)10-18-14(21)9-11-4-5-12-13(8-11)20-15(22)19-12/h4-5,8,23H,3,6-7,9-10H2,1-2H3,(H,18,21)(H2,19,20,22). The fraction of sp³-hybridized carbons (Fsp3) is 0.529. The largest absolute Gasteiger partial charge is 0.387 e. The van der Waals surface area contributed by atoms with Gasteiger partial charge in [-0.2, -0.15) is 0 Å². The van der Waals surface area contributed by atoms with Crippen LogP contribution in [0.1, 0.15) is 38.7 Å². The van der Waals surface area contributed by atoms with Crippen LogP contribution >= 0.6 is 0 Å². The number of benzene rings is 1. The van der Waals surface area contributed by atoms with Crippen molar-refractivity contribution in [3.05, 3.63) is 34.2 Å². The molecule has 1 aliphatic carbocycles. The minimum atomic E-state index is -0.835. The van der Waals surface area contributed by atoms with Gasteiger partial charge in [0.15, 0.2) is 0 Å². The molecule has 1 heterocycles. The molecule has 124 valence electrons. The fourth-order valence-corrected chi connectivity index (χ4v) is 3.40. The summed E-state index contributed by atoms with van der Waals surface area (Å²) in [4.78, 5) is 28.8. The number of H-pyrrole nitrogens is 2. The molecule has 0 aliphatic heterocycles. The first-order valence-corrected chi connectivity index (χ1v) is 7.99. The number of carbonyl (C=O) groups is 1. The molecule has 1 aromatic carbocycles. The van der Waals surface area contributed by atoms with Gasteiger partial charge in [0.25, 0.3) is 0 Å². The van der Waals surface area contributed by atoms with Crippen LogP contribution in [0.5, 0.6) is 0 Å². The van der Waals surface area contributed by atoms with E-state index in [0.717, 1.165) is 30.3 Å². The van der Waals surface area contributed by atoms with Crippen molar-refractivity contribution < 1.29 is 9.90 Å². The molecule has 1 unspecified atom stereocenters. The highest BCUT2D eigenvalue weighted by atomic mass is 16.3. The summed E-state index contributed by atoms with van der Waals surface area (Å²) < 4.78 is 0. The quantitative estimate of drug-likeness (QED) is 0.687. The molecule has 2 aromatic rings. The number of imidazole rings is 1. The van der Waals surface area contributed by atoms with E-state index in [9.17, 15) is 14.7 Å². The summed E-state index contributed by atoms with van der Waals surface area (Å²) in [7, 11) is 0. The topological polar surface area (TPSA) is 98.0 Å². The van der Waals surface area contributed by atoms with Crippen molar-refractivity contribution in [3.8, 4) is 0 Å². The molecule has 0 spiro atoms. The molecule has 0 radical (unpaired) electrons. The third kappa shape index (κ3) is 3.03. The van der Waals surface area contributed by atoms with Gasteiger partial charge < -0.3 is 20.4 Å². The summed E-state index contributed by atoms with van der Waals surface area (Å²) in [5.74, 6) is -0.127. The third-order valence-electron chi connectivity index (χ3n) is 5.17. The Bertz CT molecular complexity index is 790. The lowest BCUT2D eigenvalue weighted by molar-refractivity contribution is -0.123. The average molecular weight is 317 g/mol. The van der Waals surface area contributed by atoms with E-state index in [-0.39, 0.29) is 30.0 Å². The first-order chi connectivity index (χ1) is 10.8. The lowest BCUT2D eigenvalue weighted by Gasteiger charge is -2.36. The predicted octanol–water partition coefficient (Wildman–Crippen LogP) is 1.46. The van der Waals surface area contributed by atoms with E-state index in [1.54, 1.807) is 12.1 Å². The molecular weight excluding hydrogens is 294 g/mol. The van der Waals surface area contributed by atoms with E-state index in [4.69, 9.17) is 0 Å². The number of rotatable bonds is 4. The zero-order valence-corrected chi connectivity index (χ0v) is 13.5. The van der Waals surface area contributed by atoms with Gasteiger partial charge in [-0.05, 0) is 42.4 Å². The molecule has 3 rings (SSSR count). The zero-order chi connectivity index (χ0) is 16.7. The number of carbonyl (C=O) groups excluding carboxylic acids is 1. The number of hydrogen-bond acceptors (Lipinski definition) is 3. The van der Waals surface area contributed by atoms with Crippen LogP contribution < -0.4 is 11.0 Å². The molecule has 0 bridgehead atoms. The molecule has 1 saturated carbocycles. The van der Waals surface area contributed by atoms with E-state index in [0.29, 0.717) is 5.52 Å². The second kappa shape index (κ2) is 5.53. The normalized spacial score (nSPS) is 23.3. The van der Waals surface area contributed by atoms with E-state index in [2.05, 4.69) is 15.3 Å². The maximum absolute atomic E-state index is 12.2. The van der Waals surface area contributed by atoms with Crippen molar-refractivity contribution in [1.29, 1.82) is 0 Å². The molecule has 23 heavy (non-hydrogen) atoms. The molecule has 1 amide bonds. The Morgan fingerprint density at radius 2 is 2.00 bits per heavy atom. The van der Waals surface area contributed by atoms with Gasteiger partial charge in [-0.15, -0.1) is 0 Å². The Morgan fingerprint density at radius 1 is 1.26 bits per heavy atom. The lowest BCUT2D eigenvalue weighted by Crippen LogP contribution is -2.49. The number of aliphatic hydroxyl groups is 1. The van der Waals surface area contributed by atoms with Crippen LogP contribution in [0, 0.1) is 5.41 Å². The van der Waals surface area contributed by atoms with Crippen molar-refractivity contribution in [2.24, 2.45) is 5.41 Å². The Hall–Kier alpha value is -2.08. The van der Waals surface area contributed by atoms with Gasteiger partial charge in [-0.25, -0.2) is 4.79 Å². The van der Waals surface area contributed by atoms with Crippen molar-refractivity contribution in [2.45, 2.75) is 45.1 Å². The molecule has 0 saturated heterocycles. The number of aromatic nitrogens is 2. The second-order valence-corrected chi connectivity index (χ2v) is 7.18. The third-order valence-corrected chi connectivity index (χ3v) is 5.17. The molecule has 1 aromatic heterocycles. The van der Waals surface area contributed by atoms with Gasteiger partial charge in [0.05, 0.1) is 23.1 Å². The van der Waals surface area contributed by atoms with Crippen LogP contribution in [0.15, 0.2) is 23.0 Å². The highest BCUT2D eigenvalue weighted by Gasteiger charge is 2.47. The molecule has 6 heteroatoms. The van der Waals surface area contributed by atoms with E-state index >= 15 is 0 Å². The van der Waals surface area contributed by atoms with Crippen LogP contribution in [0.3, 0.4) is 0 Å². The summed E-state index contributed by atoms with van der Waals surface area (Å²) in [6, 6.07) is 5.39. The van der Waals surface area contributed by atoms with Gasteiger partial charge in [0.2, 0.25) is 5.91 Å². The molecule has 4 N–H and O–H groups in total. The first kappa shape index (κ1) is 15.8. The number of aromatic amines is 2. The van der Waals surface area contributed by atoms with Crippen LogP contribution in [0.2, 0.25) is 0 Å². The highest BCUT2D eigenvalue weighted by Crippen LogP contribution is 2.45. The minimum Gasteiger partial charge on any atom is -0.387 e.